The molecule has 0 aromatic carbocycles. The molecule has 4 nitrogen and oxygen atoms in total. The molecule has 1 saturated heterocycles. The van der Waals surface area contributed by atoms with E-state index in [0.29, 0.717) is 6.10 Å². The lowest BCUT2D eigenvalue weighted by molar-refractivity contribution is 0.113. The Hall–Kier alpha value is -0.770. The Morgan fingerprint density at radius 1 is 1.19 bits per heavy atom. The quantitative estimate of drug-likeness (QED) is 0.557. The average Bonchev–Trinajstić information content (AvgIpc) is 2.73. The summed E-state index contributed by atoms with van der Waals surface area (Å²) in [6, 6.07) is 0. The van der Waals surface area contributed by atoms with Crippen LogP contribution in [0.2, 0.25) is 0 Å². The first kappa shape index (κ1) is 11.7. The lowest BCUT2D eigenvalue weighted by atomic mass is 9.85. The van der Waals surface area contributed by atoms with E-state index < -0.39 is 0 Å². The highest BCUT2D eigenvalue weighted by Gasteiger charge is 2.18. The predicted molar refractivity (Wildman–Crippen MR) is 65.7 cm³/mol. The van der Waals surface area contributed by atoms with Crippen LogP contribution in [-0.2, 0) is 4.74 Å². The number of hydrogen-bond acceptors (Lipinski definition) is 2. The van der Waals surface area contributed by atoms with Crippen LogP contribution in [0.5, 0.6) is 0 Å². The van der Waals surface area contributed by atoms with Gasteiger partial charge < -0.3 is 15.4 Å². The molecule has 1 aliphatic heterocycles. The van der Waals surface area contributed by atoms with Crippen LogP contribution in [0.25, 0.3) is 0 Å². The fourth-order valence-electron chi connectivity index (χ4n) is 2.17. The molecule has 2 fully saturated rings. The van der Waals surface area contributed by atoms with Crippen LogP contribution in [0, 0.1) is 5.92 Å². The number of nitrogens with zero attached hydrogens (tertiary/aromatic N) is 1. The predicted octanol–water partition coefficient (Wildman–Crippen LogP) is 1.13. The van der Waals surface area contributed by atoms with E-state index in [-0.39, 0.29) is 0 Å². The SMILES string of the molecule is CN=C(NCC1CCC1)NCC1CCCO1. The second-order valence-corrected chi connectivity index (χ2v) is 4.77. The van der Waals surface area contributed by atoms with Gasteiger partial charge in [0.1, 0.15) is 0 Å². The molecule has 0 aromatic heterocycles. The van der Waals surface area contributed by atoms with Crippen LogP contribution < -0.4 is 10.6 Å². The van der Waals surface area contributed by atoms with Gasteiger partial charge in [0.25, 0.3) is 0 Å². The number of hydrogen-bond donors (Lipinski definition) is 2. The molecule has 4 heteroatoms. The van der Waals surface area contributed by atoms with Crippen molar-refractivity contribution in [2.45, 2.75) is 38.2 Å². The number of ether oxygens (including phenoxy) is 1. The zero-order chi connectivity index (χ0) is 11.2. The Labute approximate surface area is 97.9 Å². The maximum atomic E-state index is 5.56. The van der Waals surface area contributed by atoms with E-state index >= 15 is 0 Å². The summed E-state index contributed by atoms with van der Waals surface area (Å²) in [4.78, 5) is 4.22. The van der Waals surface area contributed by atoms with Gasteiger partial charge >= 0.3 is 0 Å². The summed E-state index contributed by atoms with van der Waals surface area (Å²) in [7, 11) is 1.83. The van der Waals surface area contributed by atoms with Gasteiger partial charge in [-0.3, -0.25) is 4.99 Å². The van der Waals surface area contributed by atoms with Crippen LogP contribution in [-0.4, -0.2) is 38.8 Å². The van der Waals surface area contributed by atoms with E-state index in [2.05, 4.69) is 15.6 Å². The molecule has 0 radical (unpaired) electrons. The van der Waals surface area contributed by atoms with Crippen LogP contribution in [0.3, 0.4) is 0 Å². The second kappa shape index (κ2) is 6.09. The number of guanidine groups is 1. The van der Waals surface area contributed by atoms with E-state index in [1.807, 2.05) is 7.05 Å². The van der Waals surface area contributed by atoms with Crippen molar-refractivity contribution in [3.63, 3.8) is 0 Å². The molecule has 2 aliphatic rings. The number of aliphatic imine (C=N–C) groups is 1. The van der Waals surface area contributed by atoms with Crippen molar-refractivity contribution in [3.05, 3.63) is 0 Å². The Morgan fingerprint density at radius 2 is 2.00 bits per heavy atom. The summed E-state index contributed by atoms with van der Waals surface area (Å²) < 4.78 is 5.56. The van der Waals surface area contributed by atoms with Crippen molar-refractivity contribution in [3.8, 4) is 0 Å². The van der Waals surface area contributed by atoms with Crippen molar-refractivity contribution in [1.29, 1.82) is 0 Å². The molecule has 16 heavy (non-hydrogen) atoms. The third kappa shape index (κ3) is 3.37. The molecule has 2 N–H and O–H groups in total. The number of rotatable bonds is 4. The van der Waals surface area contributed by atoms with E-state index in [1.54, 1.807) is 0 Å². The molecule has 0 amide bonds. The molecule has 1 heterocycles. The first-order valence-corrected chi connectivity index (χ1v) is 6.44. The van der Waals surface area contributed by atoms with Gasteiger partial charge in [-0.25, -0.2) is 0 Å². The van der Waals surface area contributed by atoms with Gasteiger partial charge in [0.15, 0.2) is 5.96 Å². The fourth-order valence-corrected chi connectivity index (χ4v) is 2.17. The van der Waals surface area contributed by atoms with Gasteiger partial charge in [0, 0.05) is 26.7 Å². The smallest absolute Gasteiger partial charge is 0.191 e. The van der Waals surface area contributed by atoms with Crippen molar-refractivity contribution in [1.82, 2.24) is 10.6 Å². The van der Waals surface area contributed by atoms with Gasteiger partial charge in [-0.1, -0.05) is 6.42 Å². The summed E-state index contributed by atoms with van der Waals surface area (Å²) in [5.41, 5.74) is 0. The largest absolute Gasteiger partial charge is 0.376 e. The van der Waals surface area contributed by atoms with E-state index in [4.69, 9.17) is 4.74 Å². The Balaban J connectivity index is 1.60. The normalized spacial score (nSPS) is 26.6. The molecule has 0 bridgehead atoms. The maximum Gasteiger partial charge on any atom is 0.191 e. The van der Waals surface area contributed by atoms with E-state index in [0.717, 1.165) is 31.6 Å². The van der Waals surface area contributed by atoms with E-state index in [9.17, 15) is 0 Å². The summed E-state index contributed by atoms with van der Waals surface area (Å²) in [6.07, 6.45) is 6.88. The maximum absolute atomic E-state index is 5.56. The molecule has 2 rings (SSSR count). The third-order valence-corrected chi connectivity index (χ3v) is 3.53. The molecule has 0 spiro atoms. The average molecular weight is 225 g/mol. The number of nitrogens with one attached hydrogen (secondary N) is 2. The molecule has 0 aromatic rings. The van der Waals surface area contributed by atoms with Gasteiger partial charge in [-0.15, -0.1) is 0 Å². The first-order valence-electron chi connectivity index (χ1n) is 6.44. The minimum Gasteiger partial charge on any atom is -0.376 e. The summed E-state index contributed by atoms with van der Waals surface area (Å²) >= 11 is 0. The van der Waals surface area contributed by atoms with Crippen LogP contribution >= 0.6 is 0 Å². The lowest BCUT2D eigenvalue weighted by Gasteiger charge is -2.26. The fraction of sp³-hybridized carbons (Fsp3) is 0.917. The molecular formula is C12H23N3O. The highest BCUT2D eigenvalue weighted by Crippen LogP contribution is 2.24. The molecule has 1 unspecified atom stereocenters. The first-order chi connectivity index (χ1) is 7.88. The lowest BCUT2D eigenvalue weighted by Crippen LogP contribution is -2.43. The summed E-state index contributed by atoms with van der Waals surface area (Å²) in [6.45, 7) is 2.86. The second-order valence-electron chi connectivity index (χ2n) is 4.77. The Morgan fingerprint density at radius 3 is 2.56 bits per heavy atom. The summed E-state index contributed by atoms with van der Waals surface area (Å²) in [5, 5.41) is 6.71. The third-order valence-electron chi connectivity index (χ3n) is 3.53. The van der Waals surface area contributed by atoms with Crippen LogP contribution in [0.1, 0.15) is 32.1 Å². The van der Waals surface area contributed by atoms with Gasteiger partial charge in [-0.2, -0.15) is 0 Å². The molecule has 1 saturated carbocycles. The minimum absolute atomic E-state index is 0.377. The van der Waals surface area contributed by atoms with Crippen molar-refractivity contribution in [2.75, 3.05) is 26.7 Å². The monoisotopic (exact) mass is 225 g/mol. The minimum atomic E-state index is 0.377. The zero-order valence-electron chi connectivity index (χ0n) is 10.2. The topological polar surface area (TPSA) is 45.7 Å². The van der Waals surface area contributed by atoms with E-state index in [1.165, 1.54) is 32.1 Å². The van der Waals surface area contributed by atoms with Crippen LogP contribution in [0.4, 0.5) is 0 Å². The summed E-state index contributed by atoms with van der Waals surface area (Å²) in [5.74, 6) is 1.78. The van der Waals surface area contributed by atoms with Gasteiger partial charge in [0.05, 0.1) is 6.10 Å². The molecular weight excluding hydrogens is 202 g/mol. The van der Waals surface area contributed by atoms with Gasteiger partial charge in [0.2, 0.25) is 0 Å². The van der Waals surface area contributed by atoms with Gasteiger partial charge in [-0.05, 0) is 31.6 Å². The highest BCUT2D eigenvalue weighted by atomic mass is 16.5. The Kier molecular flexibility index (Phi) is 4.45. The standard InChI is InChI=1S/C12H23N3O/c1-13-12(14-8-10-4-2-5-10)15-9-11-6-3-7-16-11/h10-11H,2-9H2,1H3,(H2,13,14,15). The zero-order valence-corrected chi connectivity index (χ0v) is 10.2. The molecule has 92 valence electrons. The van der Waals surface area contributed by atoms with Crippen molar-refractivity contribution < 1.29 is 4.74 Å². The Bertz CT molecular complexity index is 232. The van der Waals surface area contributed by atoms with Crippen LogP contribution in [0.15, 0.2) is 4.99 Å². The highest BCUT2D eigenvalue weighted by molar-refractivity contribution is 5.79. The van der Waals surface area contributed by atoms with Crippen molar-refractivity contribution in [2.24, 2.45) is 10.9 Å². The molecule has 1 atom stereocenters. The van der Waals surface area contributed by atoms with Crippen molar-refractivity contribution >= 4 is 5.96 Å². The molecule has 1 aliphatic carbocycles.